The molecule has 2 nitrogen and oxygen atoms in total. The van der Waals surface area contributed by atoms with Crippen LogP contribution in [0, 0.1) is 5.92 Å². The first-order chi connectivity index (χ1) is 8.59. The van der Waals surface area contributed by atoms with Gasteiger partial charge in [-0.25, -0.2) is 0 Å². The van der Waals surface area contributed by atoms with Crippen molar-refractivity contribution in [2.24, 2.45) is 5.92 Å². The first-order valence-corrected chi connectivity index (χ1v) is 8.01. The summed E-state index contributed by atoms with van der Waals surface area (Å²) in [5, 5.41) is 9.29. The molecular weight excluding hydrogens is 222 g/mol. The number of hydrogen-bond acceptors (Lipinski definition) is 2. The fraction of sp³-hybridized carbons (Fsp3) is 1.00. The molecule has 1 unspecified atom stereocenters. The summed E-state index contributed by atoms with van der Waals surface area (Å²) in [5.74, 6) is 0.811. The molecule has 0 aliphatic heterocycles. The van der Waals surface area contributed by atoms with Crippen LogP contribution in [0.15, 0.2) is 0 Å². The predicted octanol–water partition coefficient (Wildman–Crippen LogP) is 3.83. The van der Waals surface area contributed by atoms with Crippen LogP contribution < -0.4 is 0 Å². The van der Waals surface area contributed by atoms with Gasteiger partial charge < -0.3 is 10.0 Å². The zero-order chi connectivity index (χ0) is 13.4. The summed E-state index contributed by atoms with van der Waals surface area (Å²) in [7, 11) is 0. The third-order valence-corrected chi connectivity index (χ3v) is 4.15. The van der Waals surface area contributed by atoms with Crippen molar-refractivity contribution in [3.8, 4) is 0 Å². The van der Waals surface area contributed by atoms with E-state index < -0.39 is 0 Å². The SMILES string of the molecule is CC(C)CCN(CCCCC(C)O)C1CCCC1. The van der Waals surface area contributed by atoms with Crippen molar-refractivity contribution in [1.29, 1.82) is 0 Å². The maximum atomic E-state index is 9.29. The van der Waals surface area contributed by atoms with Gasteiger partial charge in [-0.3, -0.25) is 0 Å². The van der Waals surface area contributed by atoms with Crippen molar-refractivity contribution in [3.05, 3.63) is 0 Å². The van der Waals surface area contributed by atoms with Gasteiger partial charge in [0.15, 0.2) is 0 Å². The molecule has 0 amide bonds. The van der Waals surface area contributed by atoms with Gasteiger partial charge in [0.2, 0.25) is 0 Å². The second-order valence-electron chi connectivity index (χ2n) is 6.50. The molecule has 1 saturated carbocycles. The van der Waals surface area contributed by atoms with E-state index in [9.17, 15) is 5.11 Å². The molecule has 0 radical (unpaired) electrons. The van der Waals surface area contributed by atoms with Crippen LogP contribution in [0.1, 0.15) is 72.1 Å². The Hall–Kier alpha value is -0.0800. The van der Waals surface area contributed by atoms with Crippen molar-refractivity contribution < 1.29 is 5.11 Å². The first kappa shape index (κ1) is 16.0. The van der Waals surface area contributed by atoms with E-state index in [-0.39, 0.29) is 6.10 Å². The van der Waals surface area contributed by atoms with Gasteiger partial charge in [-0.15, -0.1) is 0 Å². The van der Waals surface area contributed by atoms with Gasteiger partial charge in [0.05, 0.1) is 6.10 Å². The highest BCUT2D eigenvalue weighted by Gasteiger charge is 2.21. The Labute approximate surface area is 114 Å². The molecule has 0 saturated heterocycles. The summed E-state index contributed by atoms with van der Waals surface area (Å²) in [6, 6.07) is 0.857. The van der Waals surface area contributed by atoms with Gasteiger partial charge in [-0.05, 0) is 64.5 Å². The third-order valence-electron chi connectivity index (χ3n) is 4.15. The summed E-state index contributed by atoms with van der Waals surface area (Å²) >= 11 is 0. The summed E-state index contributed by atoms with van der Waals surface area (Å²) < 4.78 is 0. The average molecular weight is 255 g/mol. The van der Waals surface area contributed by atoms with Crippen LogP contribution >= 0.6 is 0 Å². The minimum absolute atomic E-state index is 0.124. The normalized spacial score (nSPS) is 19.0. The molecule has 1 fully saturated rings. The lowest BCUT2D eigenvalue weighted by Crippen LogP contribution is -2.35. The van der Waals surface area contributed by atoms with Gasteiger partial charge in [0.25, 0.3) is 0 Å². The number of aliphatic hydroxyl groups is 1. The number of unbranched alkanes of at least 4 members (excludes halogenated alkanes) is 1. The van der Waals surface area contributed by atoms with Crippen molar-refractivity contribution in [2.75, 3.05) is 13.1 Å². The molecule has 0 aromatic heterocycles. The monoisotopic (exact) mass is 255 g/mol. The molecule has 1 aliphatic carbocycles. The van der Waals surface area contributed by atoms with E-state index in [0.29, 0.717) is 0 Å². The van der Waals surface area contributed by atoms with Gasteiger partial charge >= 0.3 is 0 Å². The Kier molecular flexibility index (Phi) is 7.92. The average Bonchev–Trinajstić information content (AvgIpc) is 2.80. The van der Waals surface area contributed by atoms with Crippen molar-refractivity contribution in [3.63, 3.8) is 0 Å². The van der Waals surface area contributed by atoms with E-state index in [0.717, 1.165) is 18.4 Å². The Morgan fingerprint density at radius 3 is 2.22 bits per heavy atom. The second kappa shape index (κ2) is 8.92. The zero-order valence-electron chi connectivity index (χ0n) is 12.7. The van der Waals surface area contributed by atoms with Crippen LogP contribution in [0.4, 0.5) is 0 Å². The summed E-state index contributed by atoms with van der Waals surface area (Å²) in [4.78, 5) is 2.73. The van der Waals surface area contributed by atoms with Crippen LogP contribution in [0.2, 0.25) is 0 Å². The Bertz CT molecular complexity index is 197. The molecule has 108 valence electrons. The first-order valence-electron chi connectivity index (χ1n) is 8.01. The van der Waals surface area contributed by atoms with Crippen LogP contribution in [-0.2, 0) is 0 Å². The number of rotatable bonds is 9. The third kappa shape index (κ3) is 6.75. The minimum atomic E-state index is -0.124. The molecule has 1 aliphatic rings. The number of aliphatic hydroxyl groups excluding tert-OH is 1. The molecule has 2 heteroatoms. The fourth-order valence-electron chi connectivity index (χ4n) is 2.93. The molecular formula is C16H33NO. The predicted molar refractivity (Wildman–Crippen MR) is 78.8 cm³/mol. The van der Waals surface area contributed by atoms with Crippen LogP contribution in [-0.4, -0.2) is 35.2 Å². The van der Waals surface area contributed by atoms with E-state index in [1.165, 1.54) is 58.0 Å². The zero-order valence-corrected chi connectivity index (χ0v) is 12.7. The molecule has 1 rings (SSSR count). The summed E-state index contributed by atoms with van der Waals surface area (Å²) in [5.41, 5.74) is 0. The number of nitrogens with zero attached hydrogens (tertiary/aromatic N) is 1. The highest BCUT2D eigenvalue weighted by atomic mass is 16.3. The van der Waals surface area contributed by atoms with E-state index in [4.69, 9.17) is 0 Å². The lowest BCUT2D eigenvalue weighted by atomic mass is 10.1. The molecule has 0 aromatic rings. The van der Waals surface area contributed by atoms with E-state index in [1.54, 1.807) is 0 Å². The van der Waals surface area contributed by atoms with Crippen molar-refractivity contribution in [2.45, 2.75) is 84.3 Å². The smallest absolute Gasteiger partial charge is 0.0512 e. The van der Waals surface area contributed by atoms with Gasteiger partial charge in [0, 0.05) is 6.04 Å². The summed E-state index contributed by atoms with van der Waals surface area (Å²) in [6.45, 7) is 9.05. The summed E-state index contributed by atoms with van der Waals surface area (Å²) in [6.07, 6.45) is 10.3. The topological polar surface area (TPSA) is 23.5 Å². The quantitative estimate of drug-likeness (QED) is 0.633. The largest absolute Gasteiger partial charge is 0.393 e. The van der Waals surface area contributed by atoms with Gasteiger partial charge in [0.1, 0.15) is 0 Å². The fourth-order valence-corrected chi connectivity index (χ4v) is 2.93. The Balaban J connectivity index is 2.25. The Morgan fingerprint density at radius 1 is 1.00 bits per heavy atom. The molecule has 1 N–H and O–H groups in total. The molecule has 1 atom stereocenters. The second-order valence-corrected chi connectivity index (χ2v) is 6.50. The minimum Gasteiger partial charge on any atom is -0.393 e. The molecule has 0 spiro atoms. The Morgan fingerprint density at radius 2 is 1.67 bits per heavy atom. The van der Waals surface area contributed by atoms with Gasteiger partial charge in [-0.2, -0.15) is 0 Å². The van der Waals surface area contributed by atoms with E-state index in [2.05, 4.69) is 18.7 Å². The molecule has 18 heavy (non-hydrogen) atoms. The van der Waals surface area contributed by atoms with E-state index in [1.807, 2.05) is 6.92 Å². The van der Waals surface area contributed by atoms with Crippen LogP contribution in [0.3, 0.4) is 0 Å². The van der Waals surface area contributed by atoms with Crippen molar-refractivity contribution in [1.82, 2.24) is 4.90 Å². The van der Waals surface area contributed by atoms with Gasteiger partial charge in [-0.1, -0.05) is 26.7 Å². The van der Waals surface area contributed by atoms with Crippen molar-refractivity contribution >= 4 is 0 Å². The van der Waals surface area contributed by atoms with Crippen LogP contribution in [0.25, 0.3) is 0 Å². The highest BCUT2D eigenvalue weighted by Crippen LogP contribution is 2.24. The highest BCUT2D eigenvalue weighted by molar-refractivity contribution is 4.77. The lowest BCUT2D eigenvalue weighted by Gasteiger charge is -2.29. The van der Waals surface area contributed by atoms with E-state index >= 15 is 0 Å². The molecule has 0 bridgehead atoms. The maximum absolute atomic E-state index is 9.29. The maximum Gasteiger partial charge on any atom is 0.0512 e. The lowest BCUT2D eigenvalue weighted by molar-refractivity contribution is 0.164. The van der Waals surface area contributed by atoms with Crippen LogP contribution in [0.5, 0.6) is 0 Å². The number of hydrogen-bond donors (Lipinski definition) is 1. The molecule has 0 aromatic carbocycles. The standard InChI is InChI=1S/C16H33NO/c1-14(2)11-13-17(16-9-4-5-10-16)12-7-6-8-15(3)18/h14-16,18H,4-13H2,1-3H3. The molecule has 0 heterocycles.